The highest BCUT2D eigenvalue weighted by molar-refractivity contribution is 14.0. The predicted octanol–water partition coefficient (Wildman–Crippen LogP) is 3.34. The molecule has 0 bridgehead atoms. The number of halogens is 1. The third-order valence-electron chi connectivity index (χ3n) is 4.31. The minimum absolute atomic E-state index is 0. The molecule has 1 aliphatic heterocycles. The van der Waals surface area contributed by atoms with Crippen molar-refractivity contribution in [1.29, 1.82) is 0 Å². The molecule has 1 aromatic carbocycles. The molecule has 148 valence electrons. The smallest absolute Gasteiger partial charge is 0.191 e. The summed E-state index contributed by atoms with van der Waals surface area (Å²) in [6.45, 7) is 10.7. The van der Waals surface area contributed by atoms with Crippen molar-refractivity contribution in [3.63, 3.8) is 0 Å². The molecule has 0 aromatic heterocycles. The molecular weight excluding hydrogens is 459 g/mol. The number of methoxy groups -OCH3 is 1. The van der Waals surface area contributed by atoms with E-state index in [1.165, 1.54) is 22.8 Å². The largest absolute Gasteiger partial charge is 0.377 e. The van der Waals surface area contributed by atoms with Gasteiger partial charge in [-0.15, -0.1) is 24.0 Å². The van der Waals surface area contributed by atoms with Crippen LogP contribution in [-0.4, -0.2) is 56.4 Å². The fourth-order valence-corrected chi connectivity index (χ4v) is 3.42. The first kappa shape index (κ1) is 23.4. The number of hydrogen-bond acceptors (Lipinski definition) is 4. The van der Waals surface area contributed by atoms with E-state index in [0.29, 0.717) is 13.1 Å². The van der Waals surface area contributed by atoms with Crippen LogP contribution in [0.15, 0.2) is 29.3 Å². The molecular formula is C19H33IN4OS. The van der Waals surface area contributed by atoms with Crippen molar-refractivity contribution in [1.82, 2.24) is 10.6 Å². The zero-order chi connectivity index (χ0) is 18.1. The van der Waals surface area contributed by atoms with Gasteiger partial charge in [0.1, 0.15) is 0 Å². The quantitative estimate of drug-likeness (QED) is 0.348. The van der Waals surface area contributed by atoms with E-state index < -0.39 is 0 Å². The summed E-state index contributed by atoms with van der Waals surface area (Å²) in [5.74, 6) is 3.27. The van der Waals surface area contributed by atoms with E-state index in [1.807, 2.05) is 11.8 Å². The predicted molar refractivity (Wildman–Crippen MR) is 125 cm³/mol. The lowest BCUT2D eigenvalue weighted by molar-refractivity contribution is 0.0268. The van der Waals surface area contributed by atoms with Crippen molar-refractivity contribution in [3.8, 4) is 0 Å². The molecule has 1 heterocycles. The molecule has 0 radical (unpaired) electrons. The average Bonchev–Trinajstić information content (AvgIpc) is 2.65. The number of hydrogen-bond donors (Lipinski definition) is 2. The molecule has 1 aromatic rings. The Morgan fingerprint density at radius 3 is 2.42 bits per heavy atom. The molecule has 1 aliphatic rings. The Balaban J connectivity index is 0.00000338. The summed E-state index contributed by atoms with van der Waals surface area (Å²) < 4.78 is 5.45. The first-order chi connectivity index (χ1) is 12.0. The van der Waals surface area contributed by atoms with E-state index >= 15 is 0 Å². The van der Waals surface area contributed by atoms with Crippen LogP contribution >= 0.6 is 35.7 Å². The van der Waals surface area contributed by atoms with Gasteiger partial charge in [-0.05, 0) is 38.5 Å². The van der Waals surface area contributed by atoms with Crippen molar-refractivity contribution >= 4 is 47.4 Å². The molecule has 0 unspecified atom stereocenters. The minimum Gasteiger partial charge on any atom is -0.377 e. The summed E-state index contributed by atoms with van der Waals surface area (Å²) in [7, 11) is 1.73. The van der Waals surface area contributed by atoms with E-state index in [2.05, 4.69) is 65.6 Å². The molecule has 1 saturated heterocycles. The molecule has 2 rings (SSSR count). The molecule has 0 spiro atoms. The van der Waals surface area contributed by atoms with Crippen molar-refractivity contribution in [2.75, 3.05) is 49.7 Å². The number of guanidine groups is 1. The van der Waals surface area contributed by atoms with Crippen LogP contribution in [0.2, 0.25) is 0 Å². The Bertz CT molecular complexity index is 545. The fraction of sp³-hybridized carbons (Fsp3) is 0.632. The number of aliphatic imine (C=N–C) groups is 1. The van der Waals surface area contributed by atoms with Crippen LogP contribution in [0.3, 0.4) is 0 Å². The second-order valence-corrected chi connectivity index (χ2v) is 8.00. The highest BCUT2D eigenvalue weighted by Gasteiger charge is 2.16. The van der Waals surface area contributed by atoms with E-state index in [9.17, 15) is 0 Å². The highest BCUT2D eigenvalue weighted by Crippen LogP contribution is 2.20. The molecule has 26 heavy (non-hydrogen) atoms. The zero-order valence-electron chi connectivity index (χ0n) is 16.4. The lowest BCUT2D eigenvalue weighted by atomic mass is 10.1. The summed E-state index contributed by atoms with van der Waals surface area (Å²) in [6.07, 6.45) is 0. The summed E-state index contributed by atoms with van der Waals surface area (Å²) >= 11 is 2.04. The van der Waals surface area contributed by atoms with Gasteiger partial charge >= 0.3 is 0 Å². The second kappa shape index (κ2) is 11.9. The number of rotatable bonds is 7. The van der Waals surface area contributed by atoms with Gasteiger partial charge in [-0.3, -0.25) is 0 Å². The molecule has 0 aliphatic carbocycles. The average molecular weight is 492 g/mol. The number of ether oxygens (including phenoxy) is 1. The van der Waals surface area contributed by atoms with Gasteiger partial charge in [0.15, 0.2) is 5.96 Å². The lowest BCUT2D eigenvalue weighted by Gasteiger charge is -2.28. The number of nitrogens with one attached hydrogen (secondary N) is 2. The van der Waals surface area contributed by atoms with Gasteiger partial charge in [0.05, 0.1) is 12.1 Å². The maximum atomic E-state index is 5.45. The molecule has 1 fully saturated rings. The van der Waals surface area contributed by atoms with Crippen LogP contribution in [0.5, 0.6) is 0 Å². The van der Waals surface area contributed by atoms with Crippen LogP contribution in [0.1, 0.15) is 26.3 Å². The minimum atomic E-state index is -0.218. The van der Waals surface area contributed by atoms with Gasteiger partial charge in [0, 0.05) is 50.5 Å². The highest BCUT2D eigenvalue weighted by atomic mass is 127. The standard InChI is InChI=1S/C19H32N4OS.HI/c1-5-20-18(22-15-19(2,3)24-4)21-14-16-6-8-17(9-7-16)23-10-12-25-13-11-23;/h6-9H,5,10-15H2,1-4H3,(H2,20,21,22);1H. The van der Waals surface area contributed by atoms with Gasteiger partial charge < -0.3 is 20.3 Å². The van der Waals surface area contributed by atoms with Gasteiger partial charge in [-0.25, -0.2) is 4.99 Å². The van der Waals surface area contributed by atoms with Crippen LogP contribution < -0.4 is 15.5 Å². The first-order valence-corrected chi connectivity index (χ1v) is 10.2. The number of nitrogens with zero attached hydrogens (tertiary/aromatic N) is 2. The number of benzene rings is 1. The summed E-state index contributed by atoms with van der Waals surface area (Å²) in [5, 5.41) is 6.63. The Labute approximate surface area is 179 Å². The summed E-state index contributed by atoms with van der Waals surface area (Å²) in [4.78, 5) is 7.15. The normalized spacial score (nSPS) is 15.4. The van der Waals surface area contributed by atoms with Gasteiger partial charge in [0.2, 0.25) is 0 Å². The van der Waals surface area contributed by atoms with E-state index in [0.717, 1.165) is 25.6 Å². The van der Waals surface area contributed by atoms with Crippen LogP contribution in [0.25, 0.3) is 0 Å². The third-order valence-corrected chi connectivity index (χ3v) is 5.25. The van der Waals surface area contributed by atoms with Crippen molar-refractivity contribution in [3.05, 3.63) is 29.8 Å². The fourth-order valence-electron chi connectivity index (χ4n) is 2.51. The maximum Gasteiger partial charge on any atom is 0.191 e. The zero-order valence-corrected chi connectivity index (χ0v) is 19.5. The number of thioether (sulfide) groups is 1. The monoisotopic (exact) mass is 492 g/mol. The van der Waals surface area contributed by atoms with Gasteiger partial charge in [-0.2, -0.15) is 11.8 Å². The van der Waals surface area contributed by atoms with Gasteiger partial charge in [-0.1, -0.05) is 12.1 Å². The molecule has 5 nitrogen and oxygen atoms in total. The Kier molecular flexibility index (Phi) is 10.7. The molecule has 0 atom stereocenters. The molecule has 0 saturated carbocycles. The van der Waals surface area contributed by atoms with Crippen LogP contribution in [-0.2, 0) is 11.3 Å². The van der Waals surface area contributed by atoms with Crippen LogP contribution in [0, 0.1) is 0 Å². The number of anilines is 1. The van der Waals surface area contributed by atoms with Crippen molar-refractivity contribution in [2.45, 2.75) is 32.9 Å². The van der Waals surface area contributed by atoms with E-state index in [4.69, 9.17) is 4.74 Å². The van der Waals surface area contributed by atoms with Crippen LogP contribution in [0.4, 0.5) is 5.69 Å². The van der Waals surface area contributed by atoms with E-state index in [1.54, 1.807) is 7.11 Å². The lowest BCUT2D eigenvalue weighted by Crippen LogP contribution is -2.45. The third kappa shape index (κ3) is 7.92. The summed E-state index contributed by atoms with van der Waals surface area (Å²) in [5.41, 5.74) is 2.32. The molecule has 7 heteroatoms. The Hall–Kier alpha value is -0.670. The van der Waals surface area contributed by atoms with Crippen molar-refractivity contribution < 1.29 is 4.74 Å². The van der Waals surface area contributed by atoms with E-state index in [-0.39, 0.29) is 29.6 Å². The summed E-state index contributed by atoms with van der Waals surface area (Å²) in [6, 6.07) is 8.80. The molecule has 0 amide bonds. The maximum absolute atomic E-state index is 5.45. The van der Waals surface area contributed by atoms with Crippen molar-refractivity contribution in [2.24, 2.45) is 4.99 Å². The second-order valence-electron chi connectivity index (χ2n) is 6.78. The Morgan fingerprint density at radius 2 is 1.85 bits per heavy atom. The topological polar surface area (TPSA) is 48.9 Å². The Morgan fingerprint density at radius 1 is 1.19 bits per heavy atom. The van der Waals surface area contributed by atoms with Gasteiger partial charge in [0.25, 0.3) is 0 Å². The SMILES string of the molecule is CCNC(=NCc1ccc(N2CCSCC2)cc1)NCC(C)(C)OC.I. The molecule has 2 N–H and O–H groups in total. The first-order valence-electron chi connectivity index (χ1n) is 9.03.